The molecule has 0 amide bonds. The van der Waals surface area contributed by atoms with Gasteiger partial charge < -0.3 is 4.74 Å². The van der Waals surface area contributed by atoms with E-state index in [0.29, 0.717) is 11.3 Å². The Morgan fingerprint density at radius 1 is 1.15 bits per heavy atom. The zero-order valence-corrected chi connectivity index (χ0v) is 12.3. The molecule has 0 aliphatic heterocycles. The number of esters is 1. The molecule has 1 fully saturated rings. The Hall–Kier alpha value is -1.56. The van der Waals surface area contributed by atoms with Gasteiger partial charge in [-0.2, -0.15) is 0 Å². The van der Waals surface area contributed by atoms with Crippen molar-refractivity contribution in [2.45, 2.75) is 38.2 Å². The molecule has 20 heavy (non-hydrogen) atoms. The van der Waals surface area contributed by atoms with Crippen LogP contribution >= 0.6 is 0 Å². The van der Waals surface area contributed by atoms with Crippen LogP contribution in [0.25, 0.3) is 0 Å². The minimum atomic E-state index is -3.30. The minimum absolute atomic E-state index is 0.0186. The summed E-state index contributed by atoms with van der Waals surface area (Å²) in [5.41, 5.74) is 0.872. The summed E-state index contributed by atoms with van der Waals surface area (Å²) in [5.74, 6) is -0.345. The Kier molecular flexibility index (Phi) is 4.65. The van der Waals surface area contributed by atoms with Gasteiger partial charge in [0.15, 0.2) is 0 Å². The maximum atomic E-state index is 11.9. The van der Waals surface area contributed by atoms with Gasteiger partial charge in [0.1, 0.15) is 6.10 Å². The van der Waals surface area contributed by atoms with E-state index in [9.17, 15) is 13.2 Å². The van der Waals surface area contributed by atoms with Crippen molar-refractivity contribution < 1.29 is 17.9 Å². The SMILES string of the molecule is CS(=O)(=O)Nc1ccc(C(=O)OC2CCCCC2)cc1. The summed E-state index contributed by atoms with van der Waals surface area (Å²) in [5, 5.41) is 0. The summed E-state index contributed by atoms with van der Waals surface area (Å²) in [6.45, 7) is 0. The van der Waals surface area contributed by atoms with Gasteiger partial charge >= 0.3 is 5.97 Å². The Morgan fingerprint density at radius 3 is 2.30 bits per heavy atom. The predicted molar refractivity (Wildman–Crippen MR) is 77.2 cm³/mol. The average molecular weight is 297 g/mol. The second kappa shape index (κ2) is 6.26. The first-order chi connectivity index (χ1) is 9.44. The molecule has 0 radical (unpaired) electrons. The van der Waals surface area contributed by atoms with Crippen molar-refractivity contribution in [3.05, 3.63) is 29.8 Å². The molecular formula is C14H19NO4S. The first kappa shape index (κ1) is 14.8. The number of carbonyl (C=O) groups is 1. The Labute approximate surface area is 119 Å². The van der Waals surface area contributed by atoms with Crippen molar-refractivity contribution in [1.82, 2.24) is 0 Å². The van der Waals surface area contributed by atoms with Gasteiger partial charge in [-0.05, 0) is 49.9 Å². The highest BCUT2D eigenvalue weighted by Gasteiger charge is 2.18. The largest absolute Gasteiger partial charge is 0.459 e. The lowest BCUT2D eigenvalue weighted by atomic mass is 9.98. The highest BCUT2D eigenvalue weighted by molar-refractivity contribution is 7.92. The summed E-state index contributed by atoms with van der Waals surface area (Å²) < 4.78 is 29.9. The van der Waals surface area contributed by atoms with Crippen molar-refractivity contribution in [1.29, 1.82) is 0 Å². The molecule has 0 heterocycles. The Morgan fingerprint density at radius 2 is 1.75 bits per heavy atom. The van der Waals surface area contributed by atoms with Gasteiger partial charge in [0.25, 0.3) is 0 Å². The maximum Gasteiger partial charge on any atom is 0.338 e. The van der Waals surface area contributed by atoms with E-state index >= 15 is 0 Å². The van der Waals surface area contributed by atoms with E-state index in [-0.39, 0.29) is 12.1 Å². The molecule has 1 saturated carbocycles. The van der Waals surface area contributed by atoms with Crippen LogP contribution in [0.4, 0.5) is 5.69 Å². The number of hydrogen-bond acceptors (Lipinski definition) is 4. The van der Waals surface area contributed by atoms with Crippen LogP contribution in [0.5, 0.6) is 0 Å². The summed E-state index contributed by atoms with van der Waals surface area (Å²) in [6.07, 6.45) is 6.38. The monoisotopic (exact) mass is 297 g/mol. The summed E-state index contributed by atoms with van der Waals surface area (Å²) in [7, 11) is -3.30. The van der Waals surface area contributed by atoms with E-state index in [0.717, 1.165) is 31.9 Å². The molecular weight excluding hydrogens is 278 g/mol. The fourth-order valence-electron chi connectivity index (χ4n) is 2.29. The summed E-state index contributed by atoms with van der Waals surface area (Å²) in [6, 6.07) is 6.24. The van der Waals surface area contributed by atoms with Crippen LogP contribution in [0.1, 0.15) is 42.5 Å². The van der Waals surface area contributed by atoms with Crippen molar-refractivity contribution in [2.24, 2.45) is 0 Å². The highest BCUT2D eigenvalue weighted by atomic mass is 32.2. The molecule has 1 aliphatic rings. The molecule has 0 atom stereocenters. The molecule has 2 rings (SSSR count). The van der Waals surface area contributed by atoms with E-state index in [4.69, 9.17) is 4.74 Å². The van der Waals surface area contributed by atoms with E-state index in [2.05, 4.69) is 4.72 Å². The number of sulfonamides is 1. The Bertz CT molecular complexity index is 559. The van der Waals surface area contributed by atoms with Crippen molar-refractivity contribution in [3.8, 4) is 0 Å². The van der Waals surface area contributed by atoms with E-state index in [1.165, 1.54) is 6.42 Å². The molecule has 0 bridgehead atoms. The molecule has 1 aliphatic carbocycles. The van der Waals surface area contributed by atoms with Crippen molar-refractivity contribution >= 4 is 21.7 Å². The first-order valence-corrected chi connectivity index (χ1v) is 8.62. The standard InChI is InChI=1S/C14H19NO4S/c1-20(17,18)15-12-9-7-11(8-10-12)14(16)19-13-5-3-2-4-6-13/h7-10,13,15H,2-6H2,1H3. The van der Waals surface area contributed by atoms with Crippen molar-refractivity contribution in [2.75, 3.05) is 11.0 Å². The van der Waals surface area contributed by atoms with Gasteiger partial charge in [-0.3, -0.25) is 4.72 Å². The molecule has 1 aromatic rings. The second-order valence-corrected chi connectivity index (χ2v) is 6.87. The van der Waals surface area contributed by atoms with Gasteiger partial charge in [-0.25, -0.2) is 13.2 Å². The van der Waals surface area contributed by atoms with Gasteiger partial charge in [0, 0.05) is 5.69 Å². The zero-order chi connectivity index (χ0) is 14.6. The van der Waals surface area contributed by atoms with E-state index in [1.807, 2.05) is 0 Å². The third-order valence-electron chi connectivity index (χ3n) is 3.25. The van der Waals surface area contributed by atoms with Crippen LogP contribution in [0.3, 0.4) is 0 Å². The molecule has 6 heteroatoms. The van der Waals surface area contributed by atoms with Crippen LogP contribution in [0, 0.1) is 0 Å². The number of hydrogen-bond donors (Lipinski definition) is 1. The molecule has 0 saturated heterocycles. The fraction of sp³-hybridized carbons (Fsp3) is 0.500. The lowest BCUT2D eigenvalue weighted by molar-refractivity contribution is 0.0211. The van der Waals surface area contributed by atoms with Crippen LogP contribution in [-0.2, 0) is 14.8 Å². The number of anilines is 1. The third kappa shape index (κ3) is 4.52. The van der Waals surface area contributed by atoms with Gasteiger partial charge in [0.2, 0.25) is 10.0 Å². The average Bonchev–Trinajstić information content (AvgIpc) is 2.39. The van der Waals surface area contributed by atoms with Gasteiger partial charge in [0.05, 0.1) is 11.8 Å². The number of nitrogens with one attached hydrogen (secondary N) is 1. The molecule has 0 spiro atoms. The normalized spacial score (nSPS) is 16.6. The molecule has 1 N–H and O–H groups in total. The third-order valence-corrected chi connectivity index (χ3v) is 3.86. The predicted octanol–water partition coefficient (Wildman–Crippen LogP) is 2.55. The fourth-order valence-corrected chi connectivity index (χ4v) is 2.86. The molecule has 110 valence electrons. The smallest absolute Gasteiger partial charge is 0.338 e. The number of ether oxygens (including phenoxy) is 1. The van der Waals surface area contributed by atoms with Crippen LogP contribution in [-0.4, -0.2) is 26.7 Å². The van der Waals surface area contributed by atoms with E-state index < -0.39 is 10.0 Å². The lowest BCUT2D eigenvalue weighted by Gasteiger charge is -2.21. The molecule has 5 nitrogen and oxygen atoms in total. The molecule has 1 aromatic carbocycles. The summed E-state index contributed by atoms with van der Waals surface area (Å²) >= 11 is 0. The minimum Gasteiger partial charge on any atom is -0.459 e. The number of carbonyl (C=O) groups excluding carboxylic acids is 1. The second-order valence-electron chi connectivity index (χ2n) is 5.12. The zero-order valence-electron chi connectivity index (χ0n) is 11.5. The van der Waals surface area contributed by atoms with Crippen LogP contribution in [0.15, 0.2) is 24.3 Å². The molecule has 0 aromatic heterocycles. The first-order valence-electron chi connectivity index (χ1n) is 6.73. The van der Waals surface area contributed by atoms with Crippen LogP contribution < -0.4 is 4.72 Å². The van der Waals surface area contributed by atoms with Gasteiger partial charge in [-0.15, -0.1) is 0 Å². The summed E-state index contributed by atoms with van der Waals surface area (Å²) in [4.78, 5) is 11.9. The number of benzene rings is 1. The Balaban J connectivity index is 1.96. The molecule has 0 unspecified atom stereocenters. The number of rotatable bonds is 4. The highest BCUT2D eigenvalue weighted by Crippen LogP contribution is 2.21. The maximum absolute atomic E-state index is 11.9. The van der Waals surface area contributed by atoms with Gasteiger partial charge in [-0.1, -0.05) is 6.42 Å². The van der Waals surface area contributed by atoms with Crippen LogP contribution in [0.2, 0.25) is 0 Å². The lowest BCUT2D eigenvalue weighted by Crippen LogP contribution is -2.20. The quantitative estimate of drug-likeness (QED) is 0.867. The van der Waals surface area contributed by atoms with E-state index in [1.54, 1.807) is 24.3 Å². The van der Waals surface area contributed by atoms with Crippen molar-refractivity contribution in [3.63, 3.8) is 0 Å². The topological polar surface area (TPSA) is 72.5 Å².